The van der Waals surface area contributed by atoms with Gasteiger partial charge in [0.25, 0.3) is 0 Å². The smallest absolute Gasteiger partial charge is 0.178 e. The highest BCUT2D eigenvalue weighted by Gasteiger charge is 2.16. The normalized spacial score (nSPS) is 12.8. The van der Waals surface area contributed by atoms with Gasteiger partial charge in [0.1, 0.15) is 0 Å². The average molecular weight is 337 g/mol. The maximum atomic E-state index is 6.33. The Hall–Kier alpha value is -1.29. The molecular weight excluding hydrogens is 323 g/mol. The molecular formula is C16H14Cl2N2S. The van der Waals surface area contributed by atoms with Crippen molar-refractivity contribution < 1.29 is 0 Å². The molecule has 108 valence electrons. The fraction of sp³-hybridized carbons (Fsp3) is 0.188. The van der Waals surface area contributed by atoms with Crippen molar-refractivity contribution in [2.45, 2.75) is 19.9 Å². The molecule has 0 fully saturated rings. The second kappa shape index (κ2) is 5.48. The average Bonchev–Trinajstić information content (AvgIpc) is 2.73. The van der Waals surface area contributed by atoms with Crippen molar-refractivity contribution in [3.63, 3.8) is 0 Å². The highest BCUT2D eigenvalue weighted by atomic mass is 35.5. The van der Waals surface area contributed by atoms with Crippen molar-refractivity contribution in [1.29, 1.82) is 0 Å². The standard InChI is InChI=1S/C16H14Cl2N2S/c1-9-3-6-14-15(7-9)20(16(21)19-14)10(2)12-5-4-11(17)8-13(12)18/h3-8,10H,1-2H3,(H,19,21). The van der Waals surface area contributed by atoms with E-state index in [0.717, 1.165) is 16.6 Å². The van der Waals surface area contributed by atoms with E-state index in [1.165, 1.54) is 5.56 Å². The SMILES string of the molecule is Cc1ccc2[nH]c(=S)n(C(C)c3ccc(Cl)cc3Cl)c2c1. The van der Waals surface area contributed by atoms with Gasteiger partial charge >= 0.3 is 0 Å². The van der Waals surface area contributed by atoms with Gasteiger partial charge in [-0.1, -0.05) is 35.3 Å². The highest BCUT2D eigenvalue weighted by molar-refractivity contribution is 7.71. The number of H-pyrrole nitrogens is 1. The Morgan fingerprint density at radius 3 is 2.62 bits per heavy atom. The Balaban J connectivity index is 2.21. The maximum absolute atomic E-state index is 6.33. The zero-order valence-electron chi connectivity index (χ0n) is 11.7. The van der Waals surface area contributed by atoms with Crippen molar-refractivity contribution in [2.75, 3.05) is 0 Å². The van der Waals surface area contributed by atoms with Gasteiger partial charge in [-0.05, 0) is 61.5 Å². The number of nitrogens with zero attached hydrogens (tertiary/aromatic N) is 1. The van der Waals surface area contributed by atoms with Crippen molar-refractivity contribution in [3.8, 4) is 0 Å². The fourth-order valence-electron chi connectivity index (χ4n) is 2.60. The Morgan fingerprint density at radius 2 is 1.90 bits per heavy atom. The van der Waals surface area contributed by atoms with Crippen molar-refractivity contribution >= 4 is 46.5 Å². The largest absolute Gasteiger partial charge is 0.331 e. The van der Waals surface area contributed by atoms with Gasteiger partial charge in [0.05, 0.1) is 17.1 Å². The predicted octanol–water partition coefficient (Wildman–Crippen LogP) is 5.92. The van der Waals surface area contributed by atoms with E-state index in [-0.39, 0.29) is 6.04 Å². The van der Waals surface area contributed by atoms with Crippen LogP contribution >= 0.6 is 35.4 Å². The maximum Gasteiger partial charge on any atom is 0.178 e. The molecule has 0 amide bonds. The molecule has 5 heteroatoms. The van der Waals surface area contributed by atoms with Crippen molar-refractivity contribution in [3.05, 3.63) is 62.3 Å². The van der Waals surface area contributed by atoms with E-state index in [9.17, 15) is 0 Å². The van der Waals surface area contributed by atoms with Crippen LogP contribution in [-0.4, -0.2) is 9.55 Å². The van der Waals surface area contributed by atoms with Gasteiger partial charge in [0.15, 0.2) is 4.77 Å². The molecule has 2 nitrogen and oxygen atoms in total. The second-order valence-corrected chi connectivity index (χ2v) is 6.39. The van der Waals surface area contributed by atoms with E-state index in [0.29, 0.717) is 14.8 Å². The number of fused-ring (bicyclic) bond motifs is 1. The zero-order chi connectivity index (χ0) is 15.1. The van der Waals surface area contributed by atoms with Crippen LogP contribution in [0.1, 0.15) is 24.1 Å². The van der Waals surface area contributed by atoms with Gasteiger partial charge < -0.3 is 9.55 Å². The molecule has 0 spiro atoms. The van der Waals surface area contributed by atoms with E-state index in [4.69, 9.17) is 35.4 Å². The first-order valence-electron chi connectivity index (χ1n) is 6.63. The summed E-state index contributed by atoms with van der Waals surface area (Å²) in [6, 6.07) is 11.8. The number of nitrogens with one attached hydrogen (secondary N) is 1. The molecule has 1 heterocycles. The van der Waals surface area contributed by atoms with Crippen LogP contribution in [0, 0.1) is 11.7 Å². The summed E-state index contributed by atoms with van der Waals surface area (Å²) in [5.74, 6) is 0. The summed E-state index contributed by atoms with van der Waals surface area (Å²) < 4.78 is 2.78. The topological polar surface area (TPSA) is 20.7 Å². The second-order valence-electron chi connectivity index (χ2n) is 5.16. The quantitative estimate of drug-likeness (QED) is 0.575. The minimum Gasteiger partial charge on any atom is -0.331 e. The number of hydrogen-bond donors (Lipinski definition) is 1. The number of aryl methyl sites for hydroxylation is 1. The first-order valence-corrected chi connectivity index (χ1v) is 7.79. The molecule has 1 N–H and O–H groups in total. The van der Waals surface area contributed by atoms with E-state index < -0.39 is 0 Å². The molecule has 21 heavy (non-hydrogen) atoms. The minimum absolute atomic E-state index is 0.0258. The molecule has 1 aromatic heterocycles. The van der Waals surface area contributed by atoms with Gasteiger partial charge in [0, 0.05) is 10.0 Å². The summed E-state index contributed by atoms with van der Waals surface area (Å²) >= 11 is 17.8. The van der Waals surface area contributed by atoms with E-state index in [1.807, 2.05) is 18.2 Å². The molecule has 0 aliphatic rings. The lowest BCUT2D eigenvalue weighted by Gasteiger charge is -2.17. The summed E-state index contributed by atoms with van der Waals surface area (Å²) in [7, 11) is 0. The lowest BCUT2D eigenvalue weighted by molar-refractivity contribution is 0.649. The summed E-state index contributed by atoms with van der Waals surface area (Å²) in [6.07, 6.45) is 0. The first kappa shape index (κ1) is 14.6. The number of rotatable bonds is 2. The molecule has 0 radical (unpaired) electrons. The fourth-order valence-corrected chi connectivity index (χ4v) is 3.53. The number of aromatic nitrogens is 2. The summed E-state index contributed by atoms with van der Waals surface area (Å²) in [5, 5.41) is 1.29. The van der Waals surface area contributed by atoms with Crippen LogP contribution in [0.5, 0.6) is 0 Å². The lowest BCUT2D eigenvalue weighted by atomic mass is 10.1. The summed E-state index contributed by atoms with van der Waals surface area (Å²) in [5.41, 5.74) is 4.31. The van der Waals surface area contributed by atoms with Gasteiger partial charge in [0.2, 0.25) is 0 Å². The number of aromatic amines is 1. The third kappa shape index (κ3) is 2.61. The minimum atomic E-state index is 0.0258. The molecule has 1 unspecified atom stereocenters. The Bertz CT molecular complexity index is 880. The number of benzene rings is 2. The third-order valence-corrected chi connectivity index (χ3v) is 4.53. The Kier molecular flexibility index (Phi) is 3.82. The molecule has 0 aliphatic heterocycles. The van der Waals surface area contributed by atoms with E-state index in [2.05, 4.69) is 35.5 Å². The van der Waals surface area contributed by atoms with Crippen LogP contribution < -0.4 is 0 Å². The van der Waals surface area contributed by atoms with Crippen LogP contribution in [0.25, 0.3) is 11.0 Å². The number of halogens is 2. The lowest BCUT2D eigenvalue weighted by Crippen LogP contribution is -2.07. The van der Waals surface area contributed by atoms with E-state index in [1.54, 1.807) is 6.07 Å². The van der Waals surface area contributed by atoms with Crippen LogP contribution in [0.4, 0.5) is 0 Å². The summed E-state index contributed by atoms with van der Waals surface area (Å²) in [4.78, 5) is 3.24. The van der Waals surface area contributed by atoms with Crippen molar-refractivity contribution in [1.82, 2.24) is 9.55 Å². The number of imidazole rings is 1. The van der Waals surface area contributed by atoms with Crippen LogP contribution in [-0.2, 0) is 0 Å². The molecule has 0 saturated heterocycles. The Morgan fingerprint density at radius 1 is 1.14 bits per heavy atom. The van der Waals surface area contributed by atoms with Gasteiger partial charge in [-0.15, -0.1) is 0 Å². The molecule has 0 aliphatic carbocycles. The molecule has 3 aromatic rings. The highest BCUT2D eigenvalue weighted by Crippen LogP contribution is 2.31. The van der Waals surface area contributed by atoms with Gasteiger partial charge in [-0.2, -0.15) is 0 Å². The monoisotopic (exact) mass is 336 g/mol. The molecule has 0 bridgehead atoms. The van der Waals surface area contributed by atoms with Crippen LogP contribution in [0.15, 0.2) is 36.4 Å². The third-order valence-electron chi connectivity index (χ3n) is 3.67. The predicted molar refractivity (Wildman–Crippen MR) is 92.1 cm³/mol. The van der Waals surface area contributed by atoms with E-state index >= 15 is 0 Å². The molecule has 0 saturated carbocycles. The molecule has 2 aromatic carbocycles. The zero-order valence-corrected chi connectivity index (χ0v) is 14.0. The van der Waals surface area contributed by atoms with Gasteiger partial charge in [-0.25, -0.2) is 0 Å². The summed E-state index contributed by atoms with van der Waals surface area (Å²) in [6.45, 7) is 4.15. The molecule has 1 atom stereocenters. The van der Waals surface area contributed by atoms with Gasteiger partial charge in [-0.3, -0.25) is 0 Å². The first-order chi connectivity index (χ1) is 9.97. The molecule has 3 rings (SSSR count). The van der Waals surface area contributed by atoms with Crippen molar-refractivity contribution in [2.24, 2.45) is 0 Å². The number of hydrogen-bond acceptors (Lipinski definition) is 1. The van der Waals surface area contributed by atoms with Crippen LogP contribution in [0.3, 0.4) is 0 Å². The Labute approximate surface area is 138 Å². The van der Waals surface area contributed by atoms with Crippen LogP contribution in [0.2, 0.25) is 10.0 Å².